The monoisotopic (exact) mass is 200 g/mol. The molecule has 0 atom stereocenters. The Labute approximate surface area is 91.8 Å². The third-order valence-electron chi connectivity index (χ3n) is 1.94. The van der Waals surface area contributed by atoms with Crippen molar-refractivity contribution in [3.05, 3.63) is 35.4 Å². The Morgan fingerprint density at radius 2 is 1.33 bits per heavy atom. The summed E-state index contributed by atoms with van der Waals surface area (Å²) in [6.07, 6.45) is 0.632. The molecule has 0 saturated heterocycles. The van der Waals surface area contributed by atoms with E-state index in [4.69, 9.17) is 10.5 Å². The summed E-state index contributed by atoms with van der Waals surface area (Å²) in [7, 11) is 0. The van der Waals surface area contributed by atoms with Crippen molar-refractivity contribution in [2.45, 2.75) is 27.2 Å². The second-order valence-electron chi connectivity index (χ2n) is 3.37. The molecular formula is C13H16N2. The van der Waals surface area contributed by atoms with Crippen LogP contribution >= 0.6 is 0 Å². The summed E-state index contributed by atoms with van der Waals surface area (Å²) in [5.74, 6) is -0.403. The number of nitrogens with zero attached hydrogens (tertiary/aromatic N) is 2. The molecule has 0 aliphatic rings. The van der Waals surface area contributed by atoms with E-state index in [1.807, 2.05) is 19.1 Å². The average molecular weight is 200 g/mol. The molecule has 0 spiro atoms. The van der Waals surface area contributed by atoms with Crippen molar-refractivity contribution < 1.29 is 0 Å². The molecule has 0 amide bonds. The van der Waals surface area contributed by atoms with Gasteiger partial charge in [0.05, 0.1) is 12.1 Å². The van der Waals surface area contributed by atoms with Crippen LogP contribution in [0.2, 0.25) is 0 Å². The fourth-order valence-corrected chi connectivity index (χ4v) is 0.848. The molecule has 15 heavy (non-hydrogen) atoms. The number of benzene rings is 1. The van der Waals surface area contributed by atoms with Crippen molar-refractivity contribution >= 4 is 0 Å². The Kier molecular flexibility index (Phi) is 6.68. The second-order valence-corrected chi connectivity index (χ2v) is 3.37. The molecule has 0 aromatic heterocycles. The normalized spacial score (nSPS) is 8.40. The Hall–Kier alpha value is -1.80. The van der Waals surface area contributed by atoms with Gasteiger partial charge in [0.2, 0.25) is 0 Å². The van der Waals surface area contributed by atoms with Crippen LogP contribution in [0, 0.1) is 42.4 Å². The van der Waals surface area contributed by atoms with E-state index >= 15 is 0 Å². The molecule has 0 fully saturated rings. The largest absolute Gasteiger partial charge is 0.197 e. The van der Waals surface area contributed by atoms with Crippen LogP contribution in [0.4, 0.5) is 0 Å². The van der Waals surface area contributed by atoms with Gasteiger partial charge in [0.15, 0.2) is 0 Å². The first-order valence-corrected chi connectivity index (χ1v) is 4.96. The molecule has 0 radical (unpaired) electrons. The summed E-state index contributed by atoms with van der Waals surface area (Å²) in [6, 6.07) is 12.2. The minimum atomic E-state index is -0.403. The molecule has 0 heterocycles. The van der Waals surface area contributed by atoms with Crippen LogP contribution in [0.3, 0.4) is 0 Å². The molecule has 2 nitrogen and oxygen atoms in total. The van der Waals surface area contributed by atoms with Gasteiger partial charge in [-0.25, -0.2) is 0 Å². The zero-order valence-corrected chi connectivity index (χ0v) is 9.49. The number of hydrogen-bond donors (Lipinski definition) is 0. The van der Waals surface area contributed by atoms with Crippen molar-refractivity contribution in [3.63, 3.8) is 0 Å². The van der Waals surface area contributed by atoms with Gasteiger partial charge >= 0.3 is 0 Å². The van der Waals surface area contributed by atoms with Crippen molar-refractivity contribution in [3.8, 4) is 12.1 Å². The van der Waals surface area contributed by atoms with E-state index in [1.54, 1.807) is 0 Å². The Morgan fingerprint density at radius 1 is 1.00 bits per heavy atom. The highest BCUT2D eigenvalue weighted by molar-refractivity contribution is 5.19. The molecule has 0 N–H and O–H groups in total. The van der Waals surface area contributed by atoms with E-state index in [1.165, 1.54) is 11.1 Å². The van der Waals surface area contributed by atoms with Gasteiger partial charge in [0, 0.05) is 0 Å². The third-order valence-corrected chi connectivity index (χ3v) is 1.94. The van der Waals surface area contributed by atoms with Gasteiger partial charge in [0.1, 0.15) is 5.92 Å². The quantitative estimate of drug-likeness (QED) is 0.697. The fraction of sp³-hybridized carbons (Fsp3) is 0.385. The van der Waals surface area contributed by atoms with Gasteiger partial charge in [0.25, 0.3) is 0 Å². The third kappa shape index (κ3) is 6.29. The van der Waals surface area contributed by atoms with Crippen molar-refractivity contribution in [2.24, 2.45) is 5.92 Å². The van der Waals surface area contributed by atoms with E-state index in [0.29, 0.717) is 6.42 Å². The van der Waals surface area contributed by atoms with E-state index in [9.17, 15) is 0 Å². The second kappa shape index (κ2) is 7.59. The lowest BCUT2D eigenvalue weighted by atomic mass is 10.1. The molecule has 1 rings (SSSR count). The number of hydrogen-bond acceptors (Lipinski definition) is 2. The Morgan fingerprint density at radius 3 is 1.47 bits per heavy atom. The topological polar surface area (TPSA) is 47.6 Å². The molecule has 2 heteroatoms. The predicted molar refractivity (Wildman–Crippen MR) is 60.9 cm³/mol. The van der Waals surface area contributed by atoms with Crippen LogP contribution < -0.4 is 0 Å². The summed E-state index contributed by atoms with van der Waals surface area (Å²) in [6.45, 7) is 6.01. The van der Waals surface area contributed by atoms with Crippen LogP contribution in [0.15, 0.2) is 24.3 Å². The van der Waals surface area contributed by atoms with Crippen LogP contribution in [0.25, 0.3) is 0 Å². The van der Waals surface area contributed by atoms with Gasteiger partial charge in [-0.2, -0.15) is 10.5 Å². The number of nitriles is 2. The maximum atomic E-state index is 8.05. The molecule has 0 unspecified atom stereocenters. The van der Waals surface area contributed by atoms with E-state index in [2.05, 4.69) is 38.1 Å². The highest BCUT2D eigenvalue weighted by Gasteiger charge is 1.96. The molecule has 0 bridgehead atoms. The van der Waals surface area contributed by atoms with E-state index in [-0.39, 0.29) is 0 Å². The van der Waals surface area contributed by atoms with E-state index < -0.39 is 5.92 Å². The average Bonchev–Trinajstić information content (AvgIpc) is 2.26. The fourth-order valence-electron chi connectivity index (χ4n) is 0.848. The standard InChI is InChI=1S/C8H10.C5H6N2/c1-7-3-5-8(2)6-4-7;1-2-5(3-6)4-7/h3-6H,1-2H3;5H,2H2,1H3. The maximum absolute atomic E-state index is 8.05. The molecule has 0 saturated carbocycles. The van der Waals surface area contributed by atoms with Crippen molar-refractivity contribution in [2.75, 3.05) is 0 Å². The van der Waals surface area contributed by atoms with Gasteiger partial charge in [-0.15, -0.1) is 0 Å². The first-order valence-electron chi connectivity index (χ1n) is 4.96. The Bertz CT molecular complexity index is 317. The lowest BCUT2D eigenvalue weighted by Crippen LogP contribution is -1.86. The maximum Gasteiger partial charge on any atom is 0.133 e. The molecule has 1 aromatic rings. The van der Waals surface area contributed by atoms with E-state index in [0.717, 1.165) is 0 Å². The highest BCUT2D eigenvalue weighted by Crippen LogP contribution is 1.99. The van der Waals surface area contributed by atoms with Crippen LogP contribution in [-0.2, 0) is 0 Å². The zero-order chi connectivity index (χ0) is 11.7. The molecule has 78 valence electrons. The molecule has 0 aliphatic carbocycles. The first kappa shape index (κ1) is 13.2. The van der Waals surface area contributed by atoms with Gasteiger partial charge in [-0.1, -0.05) is 42.3 Å². The van der Waals surface area contributed by atoms with Gasteiger partial charge in [-0.05, 0) is 20.3 Å². The summed E-state index contributed by atoms with van der Waals surface area (Å²) >= 11 is 0. The molecule has 0 aliphatic heterocycles. The van der Waals surface area contributed by atoms with Crippen LogP contribution in [0.1, 0.15) is 24.5 Å². The lowest BCUT2D eigenvalue weighted by molar-refractivity contribution is 0.802. The highest BCUT2D eigenvalue weighted by atomic mass is 14.3. The molecular weight excluding hydrogens is 184 g/mol. The number of aryl methyl sites for hydroxylation is 2. The zero-order valence-electron chi connectivity index (χ0n) is 9.49. The number of rotatable bonds is 1. The summed E-state index contributed by atoms with van der Waals surface area (Å²) < 4.78 is 0. The minimum absolute atomic E-state index is 0.403. The van der Waals surface area contributed by atoms with Gasteiger partial charge < -0.3 is 0 Å². The smallest absolute Gasteiger partial charge is 0.133 e. The minimum Gasteiger partial charge on any atom is -0.197 e. The van der Waals surface area contributed by atoms with Crippen molar-refractivity contribution in [1.29, 1.82) is 10.5 Å². The molecule has 1 aromatic carbocycles. The Balaban J connectivity index is 0.000000265. The summed E-state index contributed by atoms with van der Waals surface area (Å²) in [4.78, 5) is 0. The predicted octanol–water partition coefficient (Wildman–Crippen LogP) is 3.36. The summed E-state index contributed by atoms with van der Waals surface area (Å²) in [5.41, 5.74) is 2.66. The summed E-state index contributed by atoms with van der Waals surface area (Å²) in [5, 5.41) is 16.1. The first-order chi connectivity index (χ1) is 7.13. The SMILES string of the molecule is CCC(C#N)C#N.Cc1ccc(C)cc1. The van der Waals surface area contributed by atoms with Crippen LogP contribution in [-0.4, -0.2) is 0 Å². The van der Waals surface area contributed by atoms with Crippen molar-refractivity contribution in [1.82, 2.24) is 0 Å². The van der Waals surface area contributed by atoms with Crippen LogP contribution in [0.5, 0.6) is 0 Å². The van der Waals surface area contributed by atoms with Gasteiger partial charge in [-0.3, -0.25) is 0 Å². The lowest BCUT2D eigenvalue weighted by Gasteiger charge is -1.90.